The fourth-order valence-electron chi connectivity index (χ4n) is 3.80. The standard InChI is InChI=1S/C29H26ClN3O7/c1-4-39-25-14-18(6-12-24(25)40-16-26(34)31-19-7-5-17(2)23(30)15-19)13-22-27(35)32-29(37)33(28(22)36)20-8-10-21(38-3)11-9-20/h5-15H,4,16H2,1-3H3,(H,31,34)(H,32,35,37)/b22-13+. The van der Waals surface area contributed by atoms with Gasteiger partial charge in [-0.15, -0.1) is 0 Å². The number of methoxy groups -OCH3 is 1. The summed E-state index contributed by atoms with van der Waals surface area (Å²) >= 11 is 6.11. The van der Waals surface area contributed by atoms with Gasteiger partial charge in [-0.25, -0.2) is 9.69 Å². The Morgan fingerprint density at radius 2 is 1.75 bits per heavy atom. The van der Waals surface area contributed by atoms with Crippen LogP contribution in [0.4, 0.5) is 16.2 Å². The number of hydrogen-bond donors (Lipinski definition) is 2. The molecule has 1 heterocycles. The zero-order valence-corrected chi connectivity index (χ0v) is 22.7. The van der Waals surface area contributed by atoms with Gasteiger partial charge >= 0.3 is 6.03 Å². The highest BCUT2D eigenvalue weighted by Gasteiger charge is 2.36. The molecule has 206 valence electrons. The van der Waals surface area contributed by atoms with Crippen LogP contribution in [0.2, 0.25) is 5.02 Å². The van der Waals surface area contributed by atoms with Crippen LogP contribution in [0, 0.1) is 6.92 Å². The predicted octanol–water partition coefficient (Wildman–Crippen LogP) is 4.74. The zero-order chi connectivity index (χ0) is 28.8. The molecule has 1 saturated heterocycles. The van der Waals surface area contributed by atoms with E-state index in [1.165, 1.54) is 25.3 Å². The van der Waals surface area contributed by atoms with Crippen molar-refractivity contribution >= 4 is 52.8 Å². The van der Waals surface area contributed by atoms with Crippen molar-refractivity contribution in [1.82, 2.24) is 5.32 Å². The lowest BCUT2D eigenvalue weighted by atomic mass is 10.1. The highest BCUT2D eigenvalue weighted by Crippen LogP contribution is 2.31. The van der Waals surface area contributed by atoms with E-state index in [9.17, 15) is 19.2 Å². The minimum Gasteiger partial charge on any atom is -0.497 e. The molecule has 1 aliphatic heterocycles. The van der Waals surface area contributed by atoms with Gasteiger partial charge in [0, 0.05) is 10.7 Å². The maximum Gasteiger partial charge on any atom is 0.335 e. The van der Waals surface area contributed by atoms with E-state index >= 15 is 0 Å². The number of aryl methyl sites for hydroxylation is 1. The number of urea groups is 1. The first kappa shape index (κ1) is 28.2. The largest absolute Gasteiger partial charge is 0.497 e. The van der Waals surface area contributed by atoms with Gasteiger partial charge in [-0.05, 0) is 79.6 Å². The lowest BCUT2D eigenvalue weighted by molar-refractivity contribution is -0.122. The Labute approximate surface area is 235 Å². The topological polar surface area (TPSA) is 123 Å². The van der Waals surface area contributed by atoms with Crippen molar-refractivity contribution in [3.63, 3.8) is 0 Å². The van der Waals surface area contributed by atoms with Crippen molar-refractivity contribution in [2.45, 2.75) is 13.8 Å². The van der Waals surface area contributed by atoms with E-state index in [0.29, 0.717) is 34.4 Å². The molecule has 0 saturated carbocycles. The first-order chi connectivity index (χ1) is 19.2. The maximum absolute atomic E-state index is 13.2. The lowest BCUT2D eigenvalue weighted by Crippen LogP contribution is -2.54. The summed E-state index contributed by atoms with van der Waals surface area (Å²) in [6.45, 7) is 3.63. The van der Waals surface area contributed by atoms with Crippen LogP contribution in [0.3, 0.4) is 0 Å². The number of nitrogens with one attached hydrogen (secondary N) is 2. The smallest absolute Gasteiger partial charge is 0.335 e. The molecule has 1 aliphatic rings. The Hall–Kier alpha value is -4.83. The SMILES string of the molecule is CCOc1cc(/C=C2\C(=O)NC(=O)N(c3ccc(OC)cc3)C2=O)ccc1OCC(=O)Nc1ccc(C)c(Cl)c1. The highest BCUT2D eigenvalue weighted by molar-refractivity contribution is 6.39. The summed E-state index contributed by atoms with van der Waals surface area (Å²) in [5.41, 5.74) is 1.89. The number of amides is 5. The molecule has 0 unspecified atom stereocenters. The van der Waals surface area contributed by atoms with Crippen LogP contribution in [-0.4, -0.2) is 44.1 Å². The van der Waals surface area contributed by atoms with Crippen molar-refractivity contribution in [2.75, 3.05) is 30.5 Å². The second kappa shape index (κ2) is 12.4. The quantitative estimate of drug-likeness (QED) is 0.285. The molecule has 0 atom stereocenters. The Morgan fingerprint density at radius 3 is 2.42 bits per heavy atom. The maximum atomic E-state index is 13.2. The normalized spacial score (nSPS) is 14.2. The van der Waals surface area contributed by atoms with Gasteiger partial charge in [0.05, 0.1) is 19.4 Å². The number of hydrogen-bond acceptors (Lipinski definition) is 7. The van der Waals surface area contributed by atoms with Crippen LogP contribution >= 0.6 is 11.6 Å². The van der Waals surface area contributed by atoms with Gasteiger partial charge in [0.1, 0.15) is 11.3 Å². The van der Waals surface area contributed by atoms with Crippen LogP contribution < -0.4 is 29.7 Å². The van der Waals surface area contributed by atoms with Crippen LogP contribution in [0.25, 0.3) is 6.08 Å². The van der Waals surface area contributed by atoms with Crippen LogP contribution in [0.15, 0.2) is 66.2 Å². The molecule has 5 amide bonds. The average molecular weight is 564 g/mol. The fourth-order valence-corrected chi connectivity index (χ4v) is 3.98. The molecule has 2 N–H and O–H groups in total. The van der Waals surface area contributed by atoms with E-state index in [-0.39, 0.29) is 23.6 Å². The number of benzene rings is 3. The predicted molar refractivity (Wildman–Crippen MR) is 150 cm³/mol. The Kier molecular flexibility index (Phi) is 8.70. The molecular weight excluding hydrogens is 538 g/mol. The minimum atomic E-state index is -0.859. The molecule has 4 rings (SSSR count). The Morgan fingerprint density at radius 1 is 1.00 bits per heavy atom. The molecule has 0 spiro atoms. The van der Waals surface area contributed by atoms with E-state index in [2.05, 4.69) is 10.6 Å². The summed E-state index contributed by atoms with van der Waals surface area (Å²) in [6, 6.07) is 15.3. The van der Waals surface area contributed by atoms with E-state index in [0.717, 1.165) is 10.5 Å². The highest BCUT2D eigenvalue weighted by atomic mass is 35.5. The summed E-state index contributed by atoms with van der Waals surface area (Å²) < 4.78 is 16.5. The molecule has 0 radical (unpaired) electrons. The zero-order valence-electron chi connectivity index (χ0n) is 21.9. The van der Waals surface area contributed by atoms with E-state index < -0.39 is 23.8 Å². The first-order valence-electron chi connectivity index (χ1n) is 12.2. The van der Waals surface area contributed by atoms with E-state index in [1.54, 1.807) is 55.5 Å². The fraction of sp³-hybridized carbons (Fsp3) is 0.172. The third-order valence-corrected chi connectivity index (χ3v) is 6.23. The number of imide groups is 2. The summed E-state index contributed by atoms with van der Waals surface area (Å²) in [7, 11) is 1.50. The van der Waals surface area contributed by atoms with Gasteiger partial charge < -0.3 is 19.5 Å². The number of carbonyl (C=O) groups excluding carboxylic acids is 4. The number of ether oxygens (including phenoxy) is 3. The number of halogens is 1. The van der Waals surface area contributed by atoms with E-state index in [1.807, 2.05) is 6.92 Å². The summed E-state index contributed by atoms with van der Waals surface area (Å²) in [5.74, 6) is -0.883. The van der Waals surface area contributed by atoms with Crippen molar-refractivity contribution in [3.05, 3.63) is 82.4 Å². The number of anilines is 2. The van der Waals surface area contributed by atoms with Crippen molar-refractivity contribution in [3.8, 4) is 17.2 Å². The second-order valence-corrected chi connectivity index (χ2v) is 9.00. The third-order valence-electron chi connectivity index (χ3n) is 5.83. The molecule has 3 aromatic carbocycles. The first-order valence-corrected chi connectivity index (χ1v) is 12.6. The second-order valence-electron chi connectivity index (χ2n) is 8.60. The number of rotatable bonds is 9. The van der Waals surface area contributed by atoms with E-state index in [4.69, 9.17) is 25.8 Å². The van der Waals surface area contributed by atoms with Gasteiger partial charge in [-0.2, -0.15) is 0 Å². The summed E-state index contributed by atoms with van der Waals surface area (Å²) in [6.07, 6.45) is 1.35. The minimum absolute atomic E-state index is 0.248. The summed E-state index contributed by atoms with van der Waals surface area (Å²) in [5, 5.41) is 5.43. The third kappa shape index (κ3) is 6.41. The van der Waals surface area contributed by atoms with Crippen molar-refractivity contribution in [1.29, 1.82) is 0 Å². The molecular formula is C29H26ClN3O7. The van der Waals surface area contributed by atoms with Crippen molar-refractivity contribution in [2.24, 2.45) is 0 Å². The van der Waals surface area contributed by atoms with Gasteiger partial charge in [-0.3, -0.25) is 19.7 Å². The number of barbiturate groups is 1. The van der Waals surface area contributed by atoms with Crippen LogP contribution in [0.5, 0.6) is 17.2 Å². The van der Waals surface area contributed by atoms with Gasteiger partial charge in [-0.1, -0.05) is 23.7 Å². The van der Waals surface area contributed by atoms with Crippen LogP contribution in [0.1, 0.15) is 18.1 Å². The monoisotopic (exact) mass is 563 g/mol. The molecule has 11 heteroatoms. The van der Waals surface area contributed by atoms with Crippen LogP contribution in [-0.2, 0) is 14.4 Å². The molecule has 0 aromatic heterocycles. The Balaban J connectivity index is 1.52. The molecule has 1 fully saturated rings. The Bertz CT molecular complexity index is 1500. The van der Waals surface area contributed by atoms with Crippen molar-refractivity contribution < 1.29 is 33.4 Å². The van der Waals surface area contributed by atoms with Gasteiger partial charge in [0.15, 0.2) is 18.1 Å². The lowest BCUT2D eigenvalue weighted by Gasteiger charge is -2.26. The molecule has 0 aliphatic carbocycles. The molecule has 0 bridgehead atoms. The number of nitrogens with zero attached hydrogens (tertiary/aromatic N) is 1. The number of carbonyl (C=O) groups is 4. The van der Waals surface area contributed by atoms with Gasteiger partial charge in [0.2, 0.25) is 0 Å². The van der Waals surface area contributed by atoms with Gasteiger partial charge in [0.25, 0.3) is 17.7 Å². The molecule has 10 nitrogen and oxygen atoms in total. The molecule has 40 heavy (non-hydrogen) atoms. The average Bonchev–Trinajstić information content (AvgIpc) is 2.93. The molecule has 3 aromatic rings. The summed E-state index contributed by atoms with van der Waals surface area (Å²) in [4.78, 5) is 51.5.